The van der Waals surface area contributed by atoms with Crippen molar-refractivity contribution in [3.05, 3.63) is 24.3 Å². The number of aliphatic hydroxyl groups excluding tert-OH is 1. The number of carbonyl (C=O) groups is 1. The predicted molar refractivity (Wildman–Crippen MR) is 75.5 cm³/mol. The molecule has 7 nitrogen and oxygen atoms in total. The van der Waals surface area contributed by atoms with Gasteiger partial charge in [-0.1, -0.05) is 12.1 Å². The van der Waals surface area contributed by atoms with Crippen molar-refractivity contribution in [1.29, 1.82) is 0 Å². The summed E-state index contributed by atoms with van der Waals surface area (Å²) in [6, 6.07) is 7.47. The van der Waals surface area contributed by atoms with Crippen LogP contribution >= 0.6 is 0 Å². The summed E-state index contributed by atoms with van der Waals surface area (Å²) in [4.78, 5) is 15.2. The molecule has 0 spiro atoms. The molecule has 2 unspecified atom stereocenters. The Hall–Kier alpha value is -1.99. The molecule has 2 aromatic rings. The molecule has 1 aliphatic rings. The van der Waals surface area contributed by atoms with Gasteiger partial charge in [-0.15, -0.1) is 0 Å². The fraction of sp³-hybridized carbons (Fsp3) is 0.500. The molecule has 2 heterocycles. The Morgan fingerprint density at radius 1 is 1.33 bits per heavy atom. The summed E-state index contributed by atoms with van der Waals surface area (Å²) in [5.74, 6) is -0.114. The van der Waals surface area contributed by atoms with Crippen LogP contribution in [0.2, 0.25) is 0 Å². The van der Waals surface area contributed by atoms with Gasteiger partial charge < -0.3 is 14.7 Å². The lowest BCUT2D eigenvalue weighted by atomic mass is 10.3. The number of aromatic nitrogens is 3. The molecule has 1 aromatic carbocycles. The first-order valence-corrected chi connectivity index (χ1v) is 7.04. The summed E-state index contributed by atoms with van der Waals surface area (Å²) in [5, 5.41) is 18.4. The van der Waals surface area contributed by atoms with E-state index in [4.69, 9.17) is 4.74 Å². The van der Waals surface area contributed by atoms with Crippen LogP contribution in [-0.4, -0.2) is 62.8 Å². The van der Waals surface area contributed by atoms with E-state index in [-0.39, 0.29) is 18.6 Å². The van der Waals surface area contributed by atoms with Crippen molar-refractivity contribution in [2.24, 2.45) is 0 Å². The Morgan fingerprint density at radius 3 is 2.62 bits per heavy atom. The van der Waals surface area contributed by atoms with Gasteiger partial charge in [0, 0.05) is 19.7 Å². The molecule has 1 aliphatic heterocycles. The zero-order valence-corrected chi connectivity index (χ0v) is 11.8. The van der Waals surface area contributed by atoms with E-state index in [1.165, 1.54) is 4.80 Å². The number of carbonyl (C=O) groups excluding carboxylic acids is 1. The number of likely N-dealkylation sites (tertiary alicyclic amines) is 1. The van der Waals surface area contributed by atoms with Gasteiger partial charge in [-0.2, -0.15) is 15.0 Å². The number of ether oxygens (including phenoxy) is 1. The van der Waals surface area contributed by atoms with E-state index in [0.717, 1.165) is 11.0 Å². The average molecular weight is 290 g/mol. The monoisotopic (exact) mass is 290 g/mol. The lowest BCUT2D eigenvalue weighted by Gasteiger charge is -2.15. The summed E-state index contributed by atoms with van der Waals surface area (Å²) < 4.78 is 5.41. The van der Waals surface area contributed by atoms with Gasteiger partial charge in [0.05, 0.1) is 6.10 Å². The first-order chi connectivity index (χ1) is 10.2. The van der Waals surface area contributed by atoms with Gasteiger partial charge in [-0.05, 0) is 19.1 Å². The SMILES string of the molecule is CCOC1CN(C(=O)Cn2nc3ccccc3n2)CC1O. The molecule has 7 heteroatoms. The number of β-amino-alcohol motifs (C(OH)–C–C–N with tert-alkyl or cyclic N) is 1. The number of amides is 1. The van der Waals surface area contributed by atoms with Crippen molar-refractivity contribution in [3.63, 3.8) is 0 Å². The maximum atomic E-state index is 12.2. The Balaban J connectivity index is 1.66. The van der Waals surface area contributed by atoms with E-state index >= 15 is 0 Å². The number of nitrogens with zero attached hydrogens (tertiary/aromatic N) is 4. The highest BCUT2D eigenvalue weighted by molar-refractivity contribution is 5.77. The third-order valence-electron chi connectivity index (χ3n) is 3.58. The van der Waals surface area contributed by atoms with E-state index in [0.29, 0.717) is 19.7 Å². The Morgan fingerprint density at radius 2 is 2.00 bits per heavy atom. The molecule has 1 aromatic heterocycles. The largest absolute Gasteiger partial charge is 0.388 e. The number of aliphatic hydroxyl groups is 1. The molecule has 0 aliphatic carbocycles. The second-order valence-corrected chi connectivity index (χ2v) is 5.08. The highest BCUT2D eigenvalue weighted by atomic mass is 16.5. The van der Waals surface area contributed by atoms with E-state index in [2.05, 4.69) is 10.2 Å². The molecule has 21 heavy (non-hydrogen) atoms. The van der Waals surface area contributed by atoms with Crippen molar-refractivity contribution in [3.8, 4) is 0 Å². The van der Waals surface area contributed by atoms with Crippen molar-refractivity contribution in [2.75, 3.05) is 19.7 Å². The highest BCUT2D eigenvalue weighted by Gasteiger charge is 2.34. The standard InChI is InChI=1S/C14H18N4O3/c1-2-21-13-8-17(7-12(13)19)14(20)9-18-15-10-5-3-4-6-11(10)16-18/h3-6,12-13,19H,2,7-9H2,1H3. The minimum absolute atomic E-state index is 0.0697. The molecule has 1 amide bonds. The van der Waals surface area contributed by atoms with Gasteiger partial charge >= 0.3 is 0 Å². The quantitative estimate of drug-likeness (QED) is 0.860. The summed E-state index contributed by atoms with van der Waals surface area (Å²) in [6.45, 7) is 3.17. The van der Waals surface area contributed by atoms with E-state index < -0.39 is 6.10 Å². The summed E-state index contributed by atoms with van der Waals surface area (Å²) in [6.07, 6.45) is -0.929. The third-order valence-corrected chi connectivity index (χ3v) is 3.58. The lowest BCUT2D eigenvalue weighted by molar-refractivity contribution is -0.131. The number of hydrogen-bond acceptors (Lipinski definition) is 5. The molecular formula is C14H18N4O3. The van der Waals surface area contributed by atoms with E-state index in [1.54, 1.807) is 4.90 Å². The molecule has 2 atom stereocenters. The number of benzene rings is 1. The maximum Gasteiger partial charge on any atom is 0.246 e. The fourth-order valence-electron chi connectivity index (χ4n) is 2.53. The van der Waals surface area contributed by atoms with Crippen LogP contribution < -0.4 is 0 Å². The van der Waals surface area contributed by atoms with Crippen molar-refractivity contribution >= 4 is 16.9 Å². The van der Waals surface area contributed by atoms with Crippen LogP contribution in [0.25, 0.3) is 11.0 Å². The zero-order valence-electron chi connectivity index (χ0n) is 11.8. The van der Waals surface area contributed by atoms with Gasteiger partial charge in [0.1, 0.15) is 23.7 Å². The molecule has 3 rings (SSSR count). The van der Waals surface area contributed by atoms with Crippen LogP contribution in [0.1, 0.15) is 6.92 Å². The van der Waals surface area contributed by atoms with Crippen LogP contribution in [0.3, 0.4) is 0 Å². The van der Waals surface area contributed by atoms with E-state index in [1.807, 2.05) is 31.2 Å². The first-order valence-electron chi connectivity index (χ1n) is 7.04. The van der Waals surface area contributed by atoms with Crippen LogP contribution in [0.4, 0.5) is 0 Å². The molecule has 1 saturated heterocycles. The molecular weight excluding hydrogens is 272 g/mol. The maximum absolute atomic E-state index is 12.2. The lowest BCUT2D eigenvalue weighted by Crippen LogP contribution is -2.33. The fourth-order valence-corrected chi connectivity index (χ4v) is 2.53. The number of fused-ring (bicyclic) bond motifs is 1. The zero-order chi connectivity index (χ0) is 14.8. The van der Waals surface area contributed by atoms with Gasteiger partial charge in [-0.25, -0.2) is 0 Å². The van der Waals surface area contributed by atoms with Gasteiger partial charge in [0.15, 0.2) is 0 Å². The van der Waals surface area contributed by atoms with E-state index in [9.17, 15) is 9.90 Å². The molecule has 1 fully saturated rings. The minimum atomic E-state index is -0.626. The molecule has 1 N–H and O–H groups in total. The summed E-state index contributed by atoms with van der Waals surface area (Å²) in [7, 11) is 0. The Kier molecular flexibility index (Phi) is 3.85. The predicted octanol–water partition coefficient (Wildman–Crippen LogP) is 0.0395. The van der Waals surface area contributed by atoms with Gasteiger partial charge in [0.25, 0.3) is 0 Å². The first kappa shape index (κ1) is 14.0. The molecule has 0 bridgehead atoms. The van der Waals surface area contributed by atoms with Crippen LogP contribution in [0.5, 0.6) is 0 Å². The second kappa shape index (κ2) is 5.79. The highest BCUT2D eigenvalue weighted by Crippen LogP contribution is 2.14. The smallest absolute Gasteiger partial charge is 0.246 e. The average Bonchev–Trinajstić information content (AvgIpc) is 3.03. The number of rotatable bonds is 4. The summed E-state index contributed by atoms with van der Waals surface area (Å²) in [5.41, 5.74) is 1.53. The third kappa shape index (κ3) is 2.88. The normalized spacial score (nSPS) is 22.1. The Bertz CT molecular complexity index is 609. The van der Waals surface area contributed by atoms with Crippen molar-refractivity contribution in [1.82, 2.24) is 19.9 Å². The Labute approximate surface area is 122 Å². The summed E-state index contributed by atoms with van der Waals surface area (Å²) >= 11 is 0. The molecule has 0 saturated carbocycles. The van der Waals surface area contributed by atoms with Gasteiger partial charge in [-0.3, -0.25) is 4.79 Å². The molecule has 0 radical (unpaired) electrons. The second-order valence-electron chi connectivity index (χ2n) is 5.08. The molecule has 112 valence electrons. The topological polar surface area (TPSA) is 80.5 Å². The minimum Gasteiger partial charge on any atom is -0.388 e. The van der Waals surface area contributed by atoms with Crippen LogP contribution in [-0.2, 0) is 16.1 Å². The van der Waals surface area contributed by atoms with Crippen LogP contribution in [0.15, 0.2) is 24.3 Å². The van der Waals surface area contributed by atoms with Crippen LogP contribution in [0, 0.1) is 0 Å². The number of hydrogen-bond donors (Lipinski definition) is 1. The van der Waals surface area contributed by atoms with Gasteiger partial charge in [0.2, 0.25) is 5.91 Å². The van der Waals surface area contributed by atoms with Crippen molar-refractivity contribution in [2.45, 2.75) is 25.7 Å². The van der Waals surface area contributed by atoms with Crippen molar-refractivity contribution < 1.29 is 14.6 Å².